The Balaban J connectivity index is 1.26. The Labute approximate surface area is 168 Å². The van der Waals surface area contributed by atoms with Crippen LogP contribution < -0.4 is 0 Å². The van der Waals surface area contributed by atoms with Crippen molar-refractivity contribution in [1.29, 1.82) is 0 Å². The van der Waals surface area contributed by atoms with Gasteiger partial charge in [0.2, 0.25) is 5.91 Å². The lowest BCUT2D eigenvalue weighted by Crippen LogP contribution is -2.50. The Morgan fingerprint density at radius 3 is 2.36 bits per heavy atom. The maximum atomic E-state index is 12.5. The largest absolute Gasteiger partial charge is 0.461 e. The molecule has 1 saturated heterocycles. The fourth-order valence-electron chi connectivity index (χ4n) is 3.37. The smallest absolute Gasteiger partial charge is 0.264 e. The number of carbonyl (C=O) groups is 2. The Morgan fingerprint density at radius 2 is 1.64 bits per heavy atom. The number of hydrogen-bond acceptors (Lipinski definition) is 4. The molecule has 0 spiro atoms. The number of hydrogen-bond donors (Lipinski definition) is 0. The SMILES string of the molecule is O=C(CCc1ccc(-c2ccccc2)o1)N1CCN(C(=O)c2cccs2)CC1. The first-order valence-electron chi connectivity index (χ1n) is 9.45. The van der Waals surface area contributed by atoms with Gasteiger partial charge in [0.25, 0.3) is 5.91 Å². The monoisotopic (exact) mass is 394 g/mol. The van der Waals surface area contributed by atoms with E-state index in [2.05, 4.69) is 0 Å². The molecule has 0 aliphatic carbocycles. The summed E-state index contributed by atoms with van der Waals surface area (Å²) in [5.41, 5.74) is 1.03. The standard InChI is InChI=1S/C22H22N2O3S/c25-21(11-9-18-8-10-19(27-18)17-5-2-1-3-6-17)23-12-14-24(15-13-23)22(26)20-7-4-16-28-20/h1-8,10,16H,9,11-15H2. The number of amides is 2. The molecule has 0 atom stereocenters. The van der Waals surface area contributed by atoms with Crippen LogP contribution in [0.15, 0.2) is 64.4 Å². The highest BCUT2D eigenvalue weighted by molar-refractivity contribution is 7.12. The van der Waals surface area contributed by atoms with E-state index < -0.39 is 0 Å². The lowest BCUT2D eigenvalue weighted by atomic mass is 10.2. The first kappa shape index (κ1) is 18.5. The maximum absolute atomic E-state index is 12.5. The van der Waals surface area contributed by atoms with Gasteiger partial charge in [-0.1, -0.05) is 36.4 Å². The molecule has 6 heteroatoms. The van der Waals surface area contributed by atoms with E-state index in [0.717, 1.165) is 22.0 Å². The zero-order valence-corrected chi connectivity index (χ0v) is 16.4. The van der Waals surface area contributed by atoms with E-state index >= 15 is 0 Å². The topological polar surface area (TPSA) is 53.8 Å². The summed E-state index contributed by atoms with van der Waals surface area (Å²) >= 11 is 1.46. The number of nitrogens with zero attached hydrogens (tertiary/aromatic N) is 2. The van der Waals surface area contributed by atoms with Crippen LogP contribution in [0, 0.1) is 0 Å². The number of furan rings is 1. The minimum absolute atomic E-state index is 0.0612. The van der Waals surface area contributed by atoms with Gasteiger partial charge < -0.3 is 14.2 Å². The van der Waals surface area contributed by atoms with Gasteiger partial charge in [0.1, 0.15) is 11.5 Å². The number of benzene rings is 1. The zero-order valence-electron chi connectivity index (χ0n) is 15.5. The van der Waals surface area contributed by atoms with E-state index in [-0.39, 0.29) is 11.8 Å². The molecule has 3 heterocycles. The predicted molar refractivity (Wildman–Crippen MR) is 109 cm³/mol. The molecule has 1 aliphatic heterocycles. The van der Waals surface area contributed by atoms with Crippen LogP contribution in [-0.2, 0) is 11.2 Å². The van der Waals surface area contributed by atoms with Gasteiger partial charge >= 0.3 is 0 Å². The summed E-state index contributed by atoms with van der Waals surface area (Å²) in [6.45, 7) is 2.34. The minimum atomic E-state index is 0.0612. The predicted octanol–water partition coefficient (Wildman–Crippen LogP) is 3.93. The molecule has 5 nitrogen and oxygen atoms in total. The van der Waals surface area contributed by atoms with Gasteiger partial charge in [0.05, 0.1) is 4.88 Å². The Kier molecular flexibility index (Phi) is 5.58. The van der Waals surface area contributed by atoms with Crippen molar-refractivity contribution in [2.75, 3.05) is 26.2 Å². The molecule has 0 saturated carbocycles. The van der Waals surface area contributed by atoms with Crippen LogP contribution in [0.25, 0.3) is 11.3 Å². The Hall–Kier alpha value is -2.86. The highest BCUT2D eigenvalue weighted by atomic mass is 32.1. The Bertz CT molecular complexity index is 926. The first-order chi connectivity index (χ1) is 13.7. The van der Waals surface area contributed by atoms with E-state index in [0.29, 0.717) is 39.0 Å². The molecule has 4 rings (SSSR count). The number of rotatable bonds is 5. The second-order valence-electron chi connectivity index (χ2n) is 6.78. The summed E-state index contributed by atoms with van der Waals surface area (Å²) in [6.07, 6.45) is 1.00. The third kappa shape index (κ3) is 4.17. The quantitative estimate of drug-likeness (QED) is 0.659. The van der Waals surface area contributed by atoms with Gasteiger partial charge in [0, 0.05) is 44.6 Å². The fourth-order valence-corrected chi connectivity index (χ4v) is 4.06. The Morgan fingerprint density at radius 1 is 0.893 bits per heavy atom. The van der Waals surface area contributed by atoms with E-state index in [1.807, 2.05) is 69.8 Å². The van der Waals surface area contributed by atoms with E-state index in [9.17, 15) is 9.59 Å². The van der Waals surface area contributed by atoms with Crippen molar-refractivity contribution >= 4 is 23.2 Å². The van der Waals surface area contributed by atoms with Crippen LogP contribution in [0.1, 0.15) is 21.9 Å². The molecule has 0 bridgehead atoms. The van der Waals surface area contributed by atoms with Gasteiger partial charge in [-0.15, -0.1) is 11.3 Å². The van der Waals surface area contributed by atoms with Crippen molar-refractivity contribution in [1.82, 2.24) is 9.80 Å². The molecular formula is C22H22N2O3S. The average Bonchev–Trinajstić information content (AvgIpc) is 3.44. The summed E-state index contributed by atoms with van der Waals surface area (Å²) in [7, 11) is 0. The fraction of sp³-hybridized carbons (Fsp3) is 0.273. The first-order valence-corrected chi connectivity index (χ1v) is 10.3. The zero-order chi connectivity index (χ0) is 19.3. The highest BCUT2D eigenvalue weighted by Crippen LogP contribution is 2.22. The van der Waals surface area contributed by atoms with Crippen molar-refractivity contribution in [2.45, 2.75) is 12.8 Å². The number of carbonyl (C=O) groups excluding carboxylic acids is 2. The van der Waals surface area contributed by atoms with Crippen LogP contribution in [0.3, 0.4) is 0 Å². The van der Waals surface area contributed by atoms with Crippen molar-refractivity contribution in [3.05, 3.63) is 70.6 Å². The molecule has 28 heavy (non-hydrogen) atoms. The van der Waals surface area contributed by atoms with Crippen LogP contribution >= 0.6 is 11.3 Å². The molecule has 3 aromatic rings. The van der Waals surface area contributed by atoms with Gasteiger partial charge in [0.15, 0.2) is 0 Å². The van der Waals surface area contributed by atoms with E-state index in [4.69, 9.17) is 4.42 Å². The lowest BCUT2D eigenvalue weighted by Gasteiger charge is -2.34. The number of thiophene rings is 1. The van der Waals surface area contributed by atoms with Crippen LogP contribution in [-0.4, -0.2) is 47.8 Å². The number of aryl methyl sites for hydroxylation is 1. The molecular weight excluding hydrogens is 372 g/mol. The third-order valence-corrected chi connectivity index (χ3v) is 5.81. The van der Waals surface area contributed by atoms with Gasteiger partial charge in [-0.2, -0.15) is 0 Å². The van der Waals surface area contributed by atoms with Crippen molar-refractivity contribution in [3.8, 4) is 11.3 Å². The maximum Gasteiger partial charge on any atom is 0.264 e. The molecule has 1 fully saturated rings. The van der Waals surface area contributed by atoms with Crippen LogP contribution in [0.4, 0.5) is 0 Å². The summed E-state index contributed by atoms with van der Waals surface area (Å²) in [5.74, 6) is 1.81. The summed E-state index contributed by atoms with van der Waals surface area (Å²) in [5, 5.41) is 1.91. The minimum Gasteiger partial charge on any atom is -0.461 e. The molecule has 2 amide bonds. The lowest BCUT2D eigenvalue weighted by molar-refractivity contribution is -0.132. The van der Waals surface area contributed by atoms with Crippen LogP contribution in [0.5, 0.6) is 0 Å². The van der Waals surface area contributed by atoms with E-state index in [1.165, 1.54) is 11.3 Å². The second-order valence-corrected chi connectivity index (χ2v) is 7.73. The average molecular weight is 394 g/mol. The second kappa shape index (κ2) is 8.44. The molecule has 0 unspecified atom stereocenters. The van der Waals surface area contributed by atoms with Gasteiger partial charge in [-0.25, -0.2) is 0 Å². The van der Waals surface area contributed by atoms with E-state index in [1.54, 1.807) is 0 Å². The molecule has 1 aromatic carbocycles. The van der Waals surface area contributed by atoms with Crippen molar-refractivity contribution < 1.29 is 14.0 Å². The normalized spacial score (nSPS) is 14.3. The molecule has 2 aromatic heterocycles. The molecule has 144 valence electrons. The van der Waals surface area contributed by atoms with Crippen molar-refractivity contribution in [2.24, 2.45) is 0 Å². The molecule has 1 aliphatic rings. The summed E-state index contributed by atoms with van der Waals surface area (Å²) in [6, 6.07) is 17.5. The summed E-state index contributed by atoms with van der Waals surface area (Å²) < 4.78 is 5.87. The molecule has 0 N–H and O–H groups in total. The van der Waals surface area contributed by atoms with Gasteiger partial charge in [-0.05, 0) is 23.6 Å². The summed E-state index contributed by atoms with van der Waals surface area (Å²) in [4.78, 5) is 29.4. The van der Waals surface area contributed by atoms with Crippen LogP contribution in [0.2, 0.25) is 0 Å². The van der Waals surface area contributed by atoms with Crippen molar-refractivity contribution in [3.63, 3.8) is 0 Å². The van der Waals surface area contributed by atoms with Gasteiger partial charge in [-0.3, -0.25) is 9.59 Å². The third-order valence-electron chi connectivity index (χ3n) is 4.96. The molecule has 0 radical (unpaired) electrons. The highest BCUT2D eigenvalue weighted by Gasteiger charge is 2.25. The number of piperazine rings is 1.